The number of aliphatic hydroxyl groups excluding tert-OH is 1. The molecule has 0 radical (unpaired) electrons. The molecule has 0 rings (SSSR count). The van der Waals surface area contributed by atoms with Crippen molar-refractivity contribution in [3.05, 3.63) is 12.7 Å². The normalized spacial score (nSPS) is 11.3. The van der Waals surface area contributed by atoms with Crippen LogP contribution in [-0.2, 0) is 19.1 Å². The lowest BCUT2D eigenvalue weighted by Gasteiger charge is -2.15. The summed E-state index contributed by atoms with van der Waals surface area (Å²) in [4.78, 5) is 34.2. The number of ketones is 1. The van der Waals surface area contributed by atoms with Crippen LogP contribution in [0.4, 0.5) is 4.79 Å². The first-order chi connectivity index (χ1) is 9.54. The van der Waals surface area contributed by atoms with Crippen molar-refractivity contribution in [2.45, 2.75) is 32.2 Å². The summed E-state index contributed by atoms with van der Waals surface area (Å²) in [6.45, 7) is 4.77. The molecule has 0 fully saturated rings. The lowest BCUT2D eigenvalue weighted by Crippen LogP contribution is -2.44. The predicted molar refractivity (Wildman–Crippen MR) is 71.0 cm³/mol. The summed E-state index contributed by atoms with van der Waals surface area (Å²) < 4.78 is 9.53. The third-order valence-corrected chi connectivity index (χ3v) is 2.30. The van der Waals surface area contributed by atoms with Crippen molar-refractivity contribution in [2.24, 2.45) is 0 Å². The minimum absolute atomic E-state index is 0.0210. The number of ether oxygens (including phenoxy) is 2. The topological polar surface area (TPSA) is 102 Å². The highest BCUT2D eigenvalue weighted by Crippen LogP contribution is 2.00. The molecule has 0 bridgehead atoms. The number of rotatable bonds is 10. The Kier molecular flexibility index (Phi) is 9.94. The van der Waals surface area contributed by atoms with E-state index in [2.05, 4.69) is 16.6 Å². The lowest BCUT2D eigenvalue weighted by molar-refractivity contribution is -0.145. The molecule has 1 amide bonds. The fraction of sp³-hybridized carbons (Fsp3) is 0.615. The van der Waals surface area contributed by atoms with Gasteiger partial charge in [0.2, 0.25) is 0 Å². The van der Waals surface area contributed by atoms with Gasteiger partial charge in [-0.15, -0.1) is 0 Å². The number of unbranched alkanes of at least 4 members (excludes halogenated alkanes) is 1. The number of hydrogen-bond acceptors (Lipinski definition) is 6. The monoisotopic (exact) mass is 287 g/mol. The van der Waals surface area contributed by atoms with Crippen LogP contribution in [0, 0.1) is 0 Å². The van der Waals surface area contributed by atoms with E-state index in [-0.39, 0.29) is 19.6 Å². The Balaban J connectivity index is 4.34. The first kappa shape index (κ1) is 18.1. The number of hydrogen-bond donors (Lipinski definition) is 2. The summed E-state index contributed by atoms with van der Waals surface area (Å²) >= 11 is 0. The second-order valence-electron chi connectivity index (χ2n) is 3.99. The second-order valence-corrected chi connectivity index (χ2v) is 3.99. The Labute approximate surface area is 117 Å². The van der Waals surface area contributed by atoms with E-state index in [0.717, 1.165) is 12.8 Å². The predicted octanol–water partition coefficient (Wildman–Crippen LogP) is 0.562. The smallest absolute Gasteiger partial charge is 0.408 e. The number of alkyl carbamates (subject to hydrolysis) is 1. The van der Waals surface area contributed by atoms with Gasteiger partial charge in [-0.1, -0.05) is 26.0 Å². The molecule has 1 unspecified atom stereocenters. The molecule has 0 aromatic rings. The number of nitrogens with one attached hydrogen (secondary N) is 1. The molecule has 114 valence electrons. The van der Waals surface area contributed by atoms with E-state index in [1.54, 1.807) is 0 Å². The summed E-state index contributed by atoms with van der Waals surface area (Å²) in [5.41, 5.74) is 0. The highest BCUT2D eigenvalue weighted by Gasteiger charge is 2.24. The molecule has 0 aliphatic rings. The first-order valence-corrected chi connectivity index (χ1v) is 6.38. The van der Waals surface area contributed by atoms with Gasteiger partial charge in [0.05, 0.1) is 13.0 Å². The SMILES string of the molecule is C=CCOC(=O)NC(CC(=O)OCCCC)C(=O)CO. The van der Waals surface area contributed by atoms with Gasteiger partial charge in [0.1, 0.15) is 19.3 Å². The van der Waals surface area contributed by atoms with Crippen LogP contribution in [0.5, 0.6) is 0 Å². The molecule has 0 aliphatic carbocycles. The number of amides is 1. The van der Waals surface area contributed by atoms with Gasteiger partial charge in [-0.2, -0.15) is 0 Å². The van der Waals surface area contributed by atoms with Crippen molar-refractivity contribution in [1.82, 2.24) is 5.32 Å². The third-order valence-electron chi connectivity index (χ3n) is 2.30. The van der Waals surface area contributed by atoms with Crippen molar-refractivity contribution in [3.63, 3.8) is 0 Å². The molecule has 0 spiro atoms. The van der Waals surface area contributed by atoms with Gasteiger partial charge >= 0.3 is 12.1 Å². The maximum absolute atomic E-state index is 11.5. The van der Waals surface area contributed by atoms with Gasteiger partial charge in [0, 0.05) is 0 Å². The Hall–Kier alpha value is -1.89. The van der Waals surface area contributed by atoms with Gasteiger partial charge in [-0.3, -0.25) is 9.59 Å². The number of esters is 1. The number of carbonyl (C=O) groups excluding carboxylic acids is 3. The van der Waals surface area contributed by atoms with Crippen LogP contribution in [-0.4, -0.2) is 48.8 Å². The molecule has 0 saturated heterocycles. The van der Waals surface area contributed by atoms with Crippen LogP contribution < -0.4 is 5.32 Å². The lowest BCUT2D eigenvalue weighted by atomic mass is 10.1. The van der Waals surface area contributed by atoms with Gasteiger partial charge < -0.3 is 19.9 Å². The largest absolute Gasteiger partial charge is 0.466 e. The highest BCUT2D eigenvalue weighted by molar-refractivity contribution is 5.91. The zero-order valence-electron chi connectivity index (χ0n) is 11.6. The molecular weight excluding hydrogens is 266 g/mol. The molecule has 0 aliphatic heterocycles. The number of Topliss-reactive ketones (excluding diaryl/α,β-unsaturated/α-hetero) is 1. The van der Waals surface area contributed by atoms with Crippen LogP contribution >= 0.6 is 0 Å². The fourth-order valence-electron chi connectivity index (χ4n) is 1.23. The summed E-state index contributed by atoms with van der Waals surface area (Å²) in [5.74, 6) is -1.30. The van der Waals surface area contributed by atoms with Gasteiger partial charge in [-0.25, -0.2) is 4.79 Å². The van der Waals surface area contributed by atoms with E-state index in [0.29, 0.717) is 0 Å². The molecule has 2 N–H and O–H groups in total. The molecule has 0 heterocycles. The summed E-state index contributed by atoms with van der Waals surface area (Å²) in [6, 6.07) is -1.16. The van der Waals surface area contributed by atoms with Crippen LogP contribution in [0.2, 0.25) is 0 Å². The van der Waals surface area contributed by atoms with Crippen LogP contribution in [0.15, 0.2) is 12.7 Å². The minimum Gasteiger partial charge on any atom is -0.466 e. The van der Waals surface area contributed by atoms with Crippen molar-refractivity contribution in [1.29, 1.82) is 0 Å². The van der Waals surface area contributed by atoms with Crippen molar-refractivity contribution in [2.75, 3.05) is 19.8 Å². The van der Waals surface area contributed by atoms with E-state index < -0.39 is 30.5 Å². The Bertz CT molecular complexity index is 342. The molecule has 7 heteroatoms. The summed E-state index contributed by atoms with van der Waals surface area (Å²) in [7, 11) is 0. The van der Waals surface area contributed by atoms with Gasteiger partial charge in [0.15, 0.2) is 5.78 Å². The zero-order valence-corrected chi connectivity index (χ0v) is 11.6. The van der Waals surface area contributed by atoms with E-state index in [1.807, 2.05) is 6.92 Å². The average Bonchev–Trinajstić information content (AvgIpc) is 2.43. The van der Waals surface area contributed by atoms with Gasteiger partial charge in [-0.05, 0) is 6.42 Å². The van der Waals surface area contributed by atoms with Crippen LogP contribution in [0.25, 0.3) is 0 Å². The molecule has 7 nitrogen and oxygen atoms in total. The van der Waals surface area contributed by atoms with Crippen LogP contribution in [0.3, 0.4) is 0 Å². The number of carbonyl (C=O) groups is 3. The maximum Gasteiger partial charge on any atom is 0.408 e. The highest BCUT2D eigenvalue weighted by atomic mass is 16.5. The fourth-order valence-corrected chi connectivity index (χ4v) is 1.23. The summed E-state index contributed by atoms with van der Waals surface area (Å²) in [5, 5.41) is 11.0. The van der Waals surface area contributed by atoms with E-state index in [9.17, 15) is 14.4 Å². The Morgan fingerprint density at radius 3 is 2.60 bits per heavy atom. The molecule has 0 aromatic carbocycles. The Morgan fingerprint density at radius 1 is 1.35 bits per heavy atom. The second kappa shape index (κ2) is 11.0. The first-order valence-electron chi connectivity index (χ1n) is 6.38. The quantitative estimate of drug-likeness (QED) is 0.346. The molecule has 0 saturated carbocycles. The third kappa shape index (κ3) is 8.25. The van der Waals surface area contributed by atoms with Crippen molar-refractivity contribution >= 4 is 17.8 Å². The van der Waals surface area contributed by atoms with E-state index in [4.69, 9.17) is 9.84 Å². The van der Waals surface area contributed by atoms with E-state index >= 15 is 0 Å². The summed E-state index contributed by atoms with van der Waals surface area (Å²) in [6.07, 6.45) is 1.75. The standard InChI is InChI=1S/C13H21NO6/c1-3-5-7-19-12(17)8-10(11(16)9-15)14-13(18)20-6-4-2/h4,10,15H,2-3,5-9H2,1H3,(H,14,18). The molecule has 1 atom stereocenters. The minimum atomic E-state index is -1.16. The van der Waals surface area contributed by atoms with Crippen LogP contribution in [0.1, 0.15) is 26.2 Å². The zero-order chi connectivity index (χ0) is 15.4. The number of aliphatic hydroxyl groups is 1. The molecule has 20 heavy (non-hydrogen) atoms. The van der Waals surface area contributed by atoms with Gasteiger partial charge in [0.25, 0.3) is 0 Å². The Morgan fingerprint density at radius 2 is 2.05 bits per heavy atom. The van der Waals surface area contributed by atoms with Crippen molar-refractivity contribution in [3.8, 4) is 0 Å². The maximum atomic E-state index is 11.5. The molecular formula is C13H21NO6. The van der Waals surface area contributed by atoms with Crippen molar-refractivity contribution < 1.29 is 29.0 Å². The average molecular weight is 287 g/mol. The molecule has 0 aromatic heterocycles. The van der Waals surface area contributed by atoms with E-state index in [1.165, 1.54) is 6.08 Å².